The summed E-state index contributed by atoms with van der Waals surface area (Å²) in [6, 6.07) is 4.21. The topological polar surface area (TPSA) is 104 Å². The van der Waals surface area contributed by atoms with Gasteiger partial charge in [-0.15, -0.1) is 0 Å². The van der Waals surface area contributed by atoms with Crippen LogP contribution in [0.5, 0.6) is 0 Å². The molecule has 0 saturated carbocycles. The number of hydrogen-bond donors (Lipinski definition) is 3. The molecule has 3 amide bonds. The lowest BCUT2D eigenvalue weighted by Gasteiger charge is -2.20. The molecule has 2 heterocycles. The summed E-state index contributed by atoms with van der Waals surface area (Å²) in [6.45, 7) is 10.4. The molecule has 0 saturated heterocycles. The minimum absolute atomic E-state index is 0.114. The van der Waals surface area contributed by atoms with Gasteiger partial charge in [0.05, 0.1) is 5.57 Å². The Bertz CT molecular complexity index is 1150. The molecule has 3 rings (SSSR count). The Hall–Kier alpha value is -3.46. The predicted octanol–water partition coefficient (Wildman–Crippen LogP) is 4.22. The summed E-state index contributed by atoms with van der Waals surface area (Å²) in [5, 5.41) is 5.61. The van der Waals surface area contributed by atoms with Gasteiger partial charge in [-0.25, -0.2) is 4.39 Å². The number of fused-ring (bicyclic) bond motifs is 1. The van der Waals surface area contributed by atoms with Crippen molar-refractivity contribution in [3.05, 3.63) is 52.1 Å². The number of amides is 3. The van der Waals surface area contributed by atoms with Crippen LogP contribution >= 0.6 is 0 Å². The van der Waals surface area contributed by atoms with E-state index in [9.17, 15) is 18.8 Å². The lowest BCUT2D eigenvalue weighted by Crippen LogP contribution is -2.38. The number of ether oxygens (including phenoxy) is 1. The van der Waals surface area contributed by atoms with E-state index < -0.39 is 11.9 Å². The molecule has 9 heteroatoms. The van der Waals surface area contributed by atoms with E-state index in [4.69, 9.17) is 4.74 Å². The molecule has 0 fully saturated rings. The second kappa shape index (κ2) is 13.7. The molecule has 0 spiro atoms. The first-order valence-electron chi connectivity index (χ1n) is 12.7. The van der Waals surface area contributed by atoms with Gasteiger partial charge in [0.1, 0.15) is 11.9 Å². The highest BCUT2D eigenvalue weighted by molar-refractivity contribution is 6.34. The Morgan fingerprint density at radius 1 is 1.22 bits per heavy atom. The first-order chi connectivity index (χ1) is 17.6. The second-order valence-electron chi connectivity index (χ2n) is 8.78. The fourth-order valence-electron chi connectivity index (χ4n) is 4.22. The largest absolute Gasteiger partial charge is 0.369 e. The van der Waals surface area contributed by atoms with Crippen molar-refractivity contribution in [2.45, 2.75) is 60.0 Å². The molecule has 1 atom stereocenters. The van der Waals surface area contributed by atoms with Crippen molar-refractivity contribution < 1.29 is 23.5 Å². The van der Waals surface area contributed by atoms with E-state index in [1.807, 2.05) is 34.6 Å². The molecule has 0 radical (unpaired) electrons. The van der Waals surface area contributed by atoms with Crippen LogP contribution in [0.1, 0.15) is 61.7 Å². The van der Waals surface area contributed by atoms with Crippen molar-refractivity contribution >= 4 is 35.1 Å². The fraction of sp³-hybridized carbons (Fsp3) is 0.464. The number of nitrogens with one attached hydrogen (secondary N) is 3. The van der Waals surface area contributed by atoms with E-state index in [1.54, 1.807) is 26.2 Å². The minimum atomic E-state index is -0.577. The average Bonchev–Trinajstić information content (AvgIpc) is 3.32. The smallest absolute Gasteiger partial charge is 0.256 e. The summed E-state index contributed by atoms with van der Waals surface area (Å²) in [5.74, 6) is -0.924. The number of carbonyl (C=O) groups excluding carboxylic acids is 3. The van der Waals surface area contributed by atoms with Gasteiger partial charge in [-0.3, -0.25) is 14.4 Å². The SMILES string of the molecule is CC.CCOC(CCNC(=O)CCc1c(C)[nH]c(/C=C2\C(=O)Nc3ccc(F)cc32)c1C)C(=O)N(C)C. The molecule has 1 aromatic carbocycles. The molecule has 8 nitrogen and oxygen atoms in total. The van der Waals surface area contributed by atoms with E-state index in [-0.39, 0.29) is 24.1 Å². The number of carbonyl (C=O) groups is 3. The Morgan fingerprint density at radius 2 is 1.92 bits per heavy atom. The molecule has 3 N–H and O–H groups in total. The second-order valence-corrected chi connectivity index (χ2v) is 8.78. The van der Waals surface area contributed by atoms with Crippen molar-refractivity contribution in [2.75, 3.05) is 32.6 Å². The number of aromatic amines is 1. The number of halogens is 1. The Labute approximate surface area is 218 Å². The molecule has 202 valence electrons. The summed E-state index contributed by atoms with van der Waals surface area (Å²) < 4.78 is 19.2. The van der Waals surface area contributed by atoms with Crippen LogP contribution in [-0.2, 0) is 25.5 Å². The standard InChI is InChI=1S/C26H33FN4O4.C2H6/c1-6-35-23(26(34)31(4)5)11-12-28-24(32)10-8-18-15(2)22(29-16(18)3)14-20-19-13-17(27)7-9-21(19)30-25(20)33;1-2/h7,9,13-14,23,29H,6,8,10-12H2,1-5H3,(H,28,32)(H,30,33);1-2H3/b20-14-;. The normalized spacial score (nSPS) is 13.9. The van der Waals surface area contributed by atoms with Crippen molar-refractivity contribution in [2.24, 2.45) is 0 Å². The quantitative estimate of drug-likeness (QED) is 0.413. The van der Waals surface area contributed by atoms with Crippen molar-refractivity contribution in [1.82, 2.24) is 15.2 Å². The maximum absolute atomic E-state index is 13.7. The number of rotatable bonds is 10. The van der Waals surface area contributed by atoms with Gasteiger partial charge in [-0.2, -0.15) is 0 Å². The van der Waals surface area contributed by atoms with E-state index in [1.165, 1.54) is 17.0 Å². The van der Waals surface area contributed by atoms with Gasteiger partial charge in [0.2, 0.25) is 5.91 Å². The van der Waals surface area contributed by atoms with Gasteiger partial charge >= 0.3 is 0 Å². The number of benzene rings is 1. The summed E-state index contributed by atoms with van der Waals surface area (Å²) in [5.41, 5.74) is 5.10. The monoisotopic (exact) mass is 514 g/mol. The molecule has 1 unspecified atom stereocenters. The molecule has 1 aliphatic rings. The van der Waals surface area contributed by atoms with E-state index >= 15 is 0 Å². The van der Waals surface area contributed by atoms with Crippen molar-refractivity contribution in [3.8, 4) is 0 Å². The number of aryl methyl sites for hydroxylation is 1. The fourth-order valence-corrected chi connectivity index (χ4v) is 4.22. The lowest BCUT2D eigenvalue weighted by molar-refractivity contribution is -0.141. The van der Waals surface area contributed by atoms with Crippen LogP contribution in [0.25, 0.3) is 11.6 Å². The third kappa shape index (κ3) is 7.52. The summed E-state index contributed by atoms with van der Waals surface area (Å²) in [6.07, 6.45) is 2.35. The van der Waals surface area contributed by atoms with E-state index in [0.29, 0.717) is 42.8 Å². The maximum Gasteiger partial charge on any atom is 0.256 e. The number of aromatic nitrogens is 1. The average molecular weight is 515 g/mol. The highest BCUT2D eigenvalue weighted by Gasteiger charge is 2.25. The Balaban J connectivity index is 0.00000235. The molecular formula is C28H39FN4O4. The maximum atomic E-state index is 13.7. The van der Waals surface area contributed by atoms with Crippen LogP contribution in [0, 0.1) is 19.7 Å². The molecule has 0 aliphatic carbocycles. The molecule has 2 aromatic rings. The number of anilines is 1. The Morgan fingerprint density at radius 3 is 2.57 bits per heavy atom. The number of hydrogen-bond acceptors (Lipinski definition) is 4. The van der Waals surface area contributed by atoms with E-state index in [0.717, 1.165) is 22.5 Å². The molecule has 37 heavy (non-hydrogen) atoms. The first-order valence-corrected chi connectivity index (χ1v) is 12.7. The van der Waals surface area contributed by atoms with Crippen LogP contribution in [0.2, 0.25) is 0 Å². The highest BCUT2D eigenvalue weighted by Crippen LogP contribution is 2.34. The van der Waals surface area contributed by atoms with Gasteiger partial charge in [0.25, 0.3) is 11.8 Å². The Kier molecular flexibility index (Phi) is 11.1. The van der Waals surface area contributed by atoms with Crippen LogP contribution < -0.4 is 10.6 Å². The number of nitrogens with zero attached hydrogens (tertiary/aromatic N) is 1. The van der Waals surface area contributed by atoms with Gasteiger partial charge in [-0.1, -0.05) is 13.8 Å². The van der Waals surface area contributed by atoms with Crippen LogP contribution in [0.4, 0.5) is 10.1 Å². The van der Waals surface area contributed by atoms with Gasteiger partial charge in [0, 0.05) is 56.3 Å². The molecular weight excluding hydrogens is 475 g/mol. The molecule has 1 aliphatic heterocycles. The predicted molar refractivity (Wildman–Crippen MR) is 145 cm³/mol. The first kappa shape index (κ1) is 29.8. The zero-order chi connectivity index (χ0) is 27.7. The minimum Gasteiger partial charge on any atom is -0.369 e. The summed E-state index contributed by atoms with van der Waals surface area (Å²) in [7, 11) is 3.35. The third-order valence-corrected chi connectivity index (χ3v) is 6.10. The number of H-pyrrole nitrogens is 1. The van der Waals surface area contributed by atoms with E-state index in [2.05, 4.69) is 15.6 Å². The zero-order valence-corrected chi connectivity index (χ0v) is 22.9. The summed E-state index contributed by atoms with van der Waals surface area (Å²) in [4.78, 5) is 41.8. The third-order valence-electron chi connectivity index (χ3n) is 6.10. The van der Waals surface area contributed by atoms with Gasteiger partial charge in [0.15, 0.2) is 0 Å². The van der Waals surface area contributed by atoms with Crippen LogP contribution in [-0.4, -0.2) is 61.0 Å². The lowest BCUT2D eigenvalue weighted by atomic mass is 10.0. The van der Waals surface area contributed by atoms with Gasteiger partial charge < -0.3 is 25.3 Å². The zero-order valence-electron chi connectivity index (χ0n) is 22.9. The number of likely N-dealkylation sites (N-methyl/N-ethyl adjacent to an activating group) is 1. The van der Waals surface area contributed by atoms with Gasteiger partial charge in [-0.05, 0) is 69.0 Å². The van der Waals surface area contributed by atoms with Crippen LogP contribution in [0.15, 0.2) is 18.2 Å². The highest BCUT2D eigenvalue weighted by atomic mass is 19.1. The van der Waals surface area contributed by atoms with Crippen molar-refractivity contribution in [1.29, 1.82) is 0 Å². The molecule has 1 aromatic heterocycles. The van der Waals surface area contributed by atoms with Crippen molar-refractivity contribution in [3.63, 3.8) is 0 Å². The molecule has 0 bridgehead atoms. The summed E-state index contributed by atoms with van der Waals surface area (Å²) >= 11 is 0. The van der Waals surface area contributed by atoms with Crippen LogP contribution in [0.3, 0.4) is 0 Å².